The second kappa shape index (κ2) is 7.79. The van der Waals surface area contributed by atoms with E-state index in [-0.39, 0.29) is 25.1 Å². The number of amides is 1. The number of rotatable bonds is 6. The number of hydrogen-bond acceptors (Lipinski definition) is 3. The summed E-state index contributed by atoms with van der Waals surface area (Å²) in [6, 6.07) is 14.0. The van der Waals surface area contributed by atoms with Gasteiger partial charge in [-0.05, 0) is 44.5 Å². The van der Waals surface area contributed by atoms with Gasteiger partial charge in [-0.2, -0.15) is 0 Å². The molecule has 1 amide bonds. The standard InChI is InChI=1S/C19H24N2O2/c1-13-9-14(2)11-17(10-13)15(3)21-18-6-4-5-16(12-18)19(23)20-7-8-22/h4-6,9-12,15,21-22H,7-8H2,1-3H3,(H,20,23). The van der Waals surface area contributed by atoms with Gasteiger partial charge >= 0.3 is 0 Å². The van der Waals surface area contributed by atoms with Crippen LogP contribution in [-0.2, 0) is 0 Å². The minimum atomic E-state index is -0.179. The molecule has 0 aliphatic heterocycles. The zero-order chi connectivity index (χ0) is 16.8. The molecule has 2 rings (SSSR count). The van der Waals surface area contributed by atoms with Crippen molar-refractivity contribution in [3.8, 4) is 0 Å². The zero-order valence-corrected chi connectivity index (χ0v) is 13.9. The highest BCUT2D eigenvalue weighted by molar-refractivity contribution is 5.95. The van der Waals surface area contributed by atoms with E-state index in [1.165, 1.54) is 16.7 Å². The van der Waals surface area contributed by atoms with Gasteiger partial charge in [0.25, 0.3) is 5.91 Å². The molecule has 3 N–H and O–H groups in total. The van der Waals surface area contributed by atoms with Gasteiger partial charge in [-0.1, -0.05) is 35.4 Å². The lowest BCUT2D eigenvalue weighted by Crippen LogP contribution is -2.26. The van der Waals surface area contributed by atoms with E-state index in [2.05, 4.69) is 49.6 Å². The molecular weight excluding hydrogens is 288 g/mol. The highest BCUT2D eigenvalue weighted by Crippen LogP contribution is 2.22. The SMILES string of the molecule is Cc1cc(C)cc(C(C)Nc2cccc(C(=O)NCCO)c2)c1. The van der Waals surface area contributed by atoms with Crippen molar-refractivity contribution < 1.29 is 9.90 Å². The summed E-state index contributed by atoms with van der Waals surface area (Å²) in [5.74, 6) is -0.179. The molecule has 2 aromatic rings. The Bertz CT molecular complexity index is 663. The summed E-state index contributed by atoms with van der Waals surface area (Å²) in [5.41, 5.74) is 5.18. The number of benzene rings is 2. The van der Waals surface area contributed by atoms with Crippen LogP contribution in [0.1, 0.15) is 40.0 Å². The number of carbonyl (C=O) groups excluding carboxylic acids is 1. The minimum absolute atomic E-state index is 0.0621. The smallest absolute Gasteiger partial charge is 0.251 e. The Labute approximate surface area is 137 Å². The van der Waals surface area contributed by atoms with E-state index >= 15 is 0 Å². The van der Waals surface area contributed by atoms with Crippen LogP contribution in [0.2, 0.25) is 0 Å². The van der Waals surface area contributed by atoms with Crippen LogP contribution in [-0.4, -0.2) is 24.2 Å². The van der Waals surface area contributed by atoms with Gasteiger partial charge in [0.2, 0.25) is 0 Å². The van der Waals surface area contributed by atoms with E-state index in [0.717, 1.165) is 5.69 Å². The first-order valence-electron chi connectivity index (χ1n) is 7.83. The molecule has 2 aromatic carbocycles. The molecule has 4 heteroatoms. The maximum absolute atomic E-state index is 12.0. The van der Waals surface area contributed by atoms with Gasteiger partial charge < -0.3 is 15.7 Å². The second-order valence-corrected chi connectivity index (χ2v) is 5.85. The fourth-order valence-corrected chi connectivity index (χ4v) is 2.61. The van der Waals surface area contributed by atoms with Crippen molar-refractivity contribution in [3.63, 3.8) is 0 Å². The first-order valence-corrected chi connectivity index (χ1v) is 7.83. The first kappa shape index (κ1) is 17.0. The van der Waals surface area contributed by atoms with Gasteiger partial charge in [-0.25, -0.2) is 0 Å². The Morgan fingerprint density at radius 3 is 2.48 bits per heavy atom. The largest absolute Gasteiger partial charge is 0.395 e. The lowest BCUT2D eigenvalue weighted by atomic mass is 10.0. The molecule has 0 heterocycles. The molecule has 23 heavy (non-hydrogen) atoms. The lowest BCUT2D eigenvalue weighted by Gasteiger charge is -2.17. The maximum Gasteiger partial charge on any atom is 0.251 e. The first-order chi connectivity index (χ1) is 11.0. The number of aliphatic hydroxyl groups excluding tert-OH is 1. The third-order valence-corrected chi connectivity index (χ3v) is 3.65. The molecule has 122 valence electrons. The maximum atomic E-state index is 12.0. The summed E-state index contributed by atoms with van der Waals surface area (Å²) in [6.45, 7) is 6.49. The monoisotopic (exact) mass is 312 g/mol. The lowest BCUT2D eigenvalue weighted by molar-refractivity contribution is 0.0945. The van der Waals surface area contributed by atoms with Crippen molar-refractivity contribution in [1.82, 2.24) is 5.32 Å². The van der Waals surface area contributed by atoms with Crippen LogP contribution in [0, 0.1) is 13.8 Å². The molecule has 4 nitrogen and oxygen atoms in total. The molecule has 0 fully saturated rings. The van der Waals surface area contributed by atoms with E-state index < -0.39 is 0 Å². The van der Waals surface area contributed by atoms with Crippen LogP contribution in [0.15, 0.2) is 42.5 Å². The number of aliphatic hydroxyl groups is 1. The van der Waals surface area contributed by atoms with Crippen LogP contribution < -0.4 is 10.6 Å². The van der Waals surface area contributed by atoms with Crippen molar-refractivity contribution in [2.75, 3.05) is 18.5 Å². The summed E-state index contributed by atoms with van der Waals surface area (Å²) < 4.78 is 0. The Hall–Kier alpha value is -2.33. The quantitative estimate of drug-likeness (QED) is 0.767. The molecule has 1 unspecified atom stereocenters. The molecule has 0 saturated carbocycles. The number of nitrogens with one attached hydrogen (secondary N) is 2. The predicted molar refractivity (Wildman–Crippen MR) is 93.8 cm³/mol. The minimum Gasteiger partial charge on any atom is -0.395 e. The molecule has 0 aliphatic carbocycles. The highest BCUT2D eigenvalue weighted by atomic mass is 16.3. The third-order valence-electron chi connectivity index (χ3n) is 3.65. The Morgan fingerprint density at radius 2 is 1.83 bits per heavy atom. The fourth-order valence-electron chi connectivity index (χ4n) is 2.61. The average Bonchev–Trinajstić information content (AvgIpc) is 2.52. The Kier molecular flexibility index (Phi) is 5.77. The molecule has 0 aromatic heterocycles. The summed E-state index contributed by atoms with van der Waals surface area (Å²) >= 11 is 0. The topological polar surface area (TPSA) is 61.4 Å². The molecular formula is C19H24N2O2. The van der Waals surface area contributed by atoms with Crippen molar-refractivity contribution in [2.24, 2.45) is 0 Å². The predicted octanol–water partition coefficient (Wildman–Crippen LogP) is 3.20. The van der Waals surface area contributed by atoms with Gasteiger partial charge in [0.15, 0.2) is 0 Å². The summed E-state index contributed by atoms with van der Waals surface area (Å²) in [4.78, 5) is 12.0. The van der Waals surface area contributed by atoms with Crippen molar-refractivity contribution >= 4 is 11.6 Å². The van der Waals surface area contributed by atoms with Gasteiger partial charge in [0.1, 0.15) is 0 Å². The van der Waals surface area contributed by atoms with Gasteiger partial charge in [-0.15, -0.1) is 0 Å². The summed E-state index contributed by atoms with van der Waals surface area (Å²) in [7, 11) is 0. The Balaban J connectivity index is 2.11. The van der Waals surface area contributed by atoms with E-state index in [4.69, 9.17) is 5.11 Å². The normalized spacial score (nSPS) is 11.8. The number of anilines is 1. The number of hydrogen-bond donors (Lipinski definition) is 3. The van der Waals surface area contributed by atoms with E-state index in [1.807, 2.05) is 18.2 Å². The average molecular weight is 312 g/mol. The van der Waals surface area contributed by atoms with Crippen LogP contribution in [0.3, 0.4) is 0 Å². The van der Waals surface area contributed by atoms with Gasteiger partial charge in [0, 0.05) is 23.8 Å². The molecule has 0 bridgehead atoms. The van der Waals surface area contributed by atoms with E-state index in [0.29, 0.717) is 5.56 Å². The molecule has 0 radical (unpaired) electrons. The molecule has 0 spiro atoms. The fraction of sp³-hybridized carbons (Fsp3) is 0.316. The van der Waals surface area contributed by atoms with Gasteiger partial charge in [-0.3, -0.25) is 4.79 Å². The summed E-state index contributed by atoms with van der Waals surface area (Å²) in [6.07, 6.45) is 0. The number of aryl methyl sites for hydroxylation is 2. The van der Waals surface area contributed by atoms with Crippen molar-refractivity contribution in [3.05, 3.63) is 64.7 Å². The van der Waals surface area contributed by atoms with Crippen molar-refractivity contribution in [2.45, 2.75) is 26.8 Å². The molecule has 0 saturated heterocycles. The van der Waals surface area contributed by atoms with E-state index in [1.54, 1.807) is 6.07 Å². The second-order valence-electron chi connectivity index (χ2n) is 5.85. The van der Waals surface area contributed by atoms with Crippen LogP contribution >= 0.6 is 0 Å². The molecule has 1 atom stereocenters. The Morgan fingerprint density at radius 1 is 1.13 bits per heavy atom. The third kappa shape index (κ3) is 4.83. The van der Waals surface area contributed by atoms with Gasteiger partial charge in [0.05, 0.1) is 6.61 Å². The molecule has 0 aliphatic rings. The van der Waals surface area contributed by atoms with Crippen LogP contribution in [0.5, 0.6) is 0 Å². The number of carbonyl (C=O) groups is 1. The van der Waals surface area contributed by atoms with Crippen molar-refractivity contribution in [1.29, 1.82) is 0 Å². The zero-order valence-electron chi connectivity index (χ0n) is 13.9. The summed E-state index contributed by atoms with van der Waals surface area (Å²) in [5, 5.41) is 14.9. The van der Waals surface area contributed by atoms with E-state index in [9.17, 15) is 4.79 Å². The van der Waals surface area contributed by atoms with Crippen LogP contribution in [0.25, 0.3) is 0 Å². The highest BCUT2D eigenvalue weighted by Gasteiger charge is 2.09. The van der Waals surface area contributed by atoms with Crippen LogP contribution in [0.4, 0.5) is 5.69 Å².